The molecule has 1 aromatic heterocycles. The molecule has 1 saturated carbocycles. The predicted molar refractivity (Wildman–Crippen MR) is 97.3 cm³/mol. The molecule has 1 aliphatic carbocycles. The van der Waals surface area contributed by atoms with Gasteiger partial charge in [-0.15, -0.1) is 0 Å². The van der Waals surface area contributed by atoms with Gasteiger partial charge in [0.2, 0.25) is 0 Å². The van der Waals surface area contributed by atoms with Crippen LogP contribution < -0.4 is 4.67 Å². The number of unbranched alkanes of at least 4 members (excludes halogenated alkanes) is 1. The lowest BCUT2D eigenvalue weighted by molar-refractivity contribution is 0.427. The standard InChI is InChI=1S/C17H30N2O2S2/c1-5-6-10-14-13-19(17(2,3)4)22-16(14)18-23(20,21)15-11-8-7-9-12-15/h13,15H,5-12H2,1-4H3. The van der Waals surface area contributed by atoms with Gasteiger partial charge < -0.3 is 0 Å². The van der Waals surface area contributed by atoms with Crippen LogP contribution in [0.1, 0.15) is 78.2 Å². The summed E-state index contributed by atoms with van der Waals surface area (Å²) in [4.78, 5) is 0. The van der Waals surface area contributed by atoms with Gasteiger partial charge in [0.15, 0.2) is 4.67 Å². The van der Waals surface area contributed by atoms with E-state index in [1.807, 2.05) is 0 Å². The van der Waals surface area contributed by atoms with Gasteiger partial charge in [0.05, 0.1) is 5.25 Å². The van der Waals surface area contributed by atoms with E-state index in [1.54, 1.807) is 0 Å². The number of hydrogen-bond donors (Lipinski definition) is 0. The van der Waals surface area contributed by atoms with Crippen molar-refractivity contribution in [2.24, 2.45) is 4.40 Å². The number of aromatic nitrogens is 1. The lowest BCUT2D eigenvalue weighted by Crippen LogP contribution is -2.24. The van der Waals surface area contributed by atoms with Gasteiger partial charge in [-0.1, -0.05) is 32.6 Å². The van der Waals surface area contributed by atoms with Crippen molar-refractivity contribution in [2.45, 2.75) is 89.9 Å². The van der Waals surface area contributed by atoms with E-state index in [0.29, 0.717) is 4.67 Å². The Balaban J connectivity index is 2.40. The smallest absolute Gasteiger partial charge is 0.257 e. The van der Waals surface area contributed by atoms with Gasteiger partial charge in [0, 0.05) is 17.3 Å². The Labute approximate surface area is 144 Å². The monoisotopic (exact) mass is 358 g/mol. The number of hydrogen-bond acceptors (Lipinski definition) is 3. The van der Waals surface area contributed by atoms with E-state index in [0.717, 1.165) is 56.9 Å². The fourth-order valence-electron chi connectivity index (χ4n) is 2.87. The van der Waals surface area contributed by atoms with Crippen LogP contribution in [-0.4, -0.2) is 17.6 Å². The van der Waals surface area contributed by atoms with Crippen molar-refractivity contribution in [3.05, 3.63) is 16.4 Å². The quantitative estimate of drug-likeness (QED) is 0.791. The summed E-state index contributed by atoms with van der Waals surface area (Å²) >= 11 is 1.48. The highest BCUT2D eigenvalue weighted by Gasteiger charge is 2.27. The second-order valence-electron chi connectivity index (χ2n) is 7.52. The largest absolute Gasteiger partial charge is 0.298 e. The summed E-state index contributed by atoms with van der Waals surface area (Å²) in [5.74, 6) is 0. The molecule has 0 N–H and O–H groups in total. The molecule has 0 unspecified atom stereocenters. The van der Waals surface area contributed by atoms with E-state index in [1.165, 1.54) is 11.5 Å². The van der Waals surface area contributed by atoms with Crippen molar-refractivity contribution in [1.29, 1.82) is 0 Å². The fraction of sp³-hybridized carbons (Fsp3) is 0.824. The van der Waals surface area contributed by atoms with E-state index in [2.05, 4.69) is 42.2 Å². The molecule has 0 bridgehead atoms. The van der Waals surface area contributed by atoms with Crippen LogP contribution in [0.5, 0.6) is 0 Å². The highest BCUT2D eigenvalue weighted by Crippen LogP contribution is 2.25. The molecular weight excluding hydrogens is 328 g/mol. The predicted octanol–water partition coefficient (Wildman–Crippen LogP) is 4.21. The van der Waals surface area contributed by atoms with E-state index in [4.69, 9.17) is 0 Å². The summed E-state index contributed by atoms with van der Waals surface area (Å²) in [6.45, 7) is 8.55. The van der Waals surface area contributed by atoms with E-state index in [9.17, 15) is 8.42 Å². The maximum Gasteiger partial charge on any atom is 0.257 e. The minimum Gasteiger partial charge on any atom is -0.298 e. The van der Waals surface area contributed by atoms with Crippen LogP contribution in [-0.2, 0) is 22.0 Å². The lowest BCUT2D eigenvalue weighted by Gasteiger charge is -2.19. The third-order valence-electron chi connectivity index (χ3n) is 4.38. The van der Waals surface area contributed by atoms with E-state index in [-0.39, 0.29) is 10.8 Å². The Morgan fingerprint density at radius 2 is 1.91 bits per heavy atom. The normalized spacial score (nSPS) is 18.5. The highest BCUT2D eigenvalue weighted by molar-refractivity contribution is 7.90. The Morgan fingerprint density at radius 3 is 2.48 bits per heavy atom. The number of sulfonamides is 1. The van der Waals surface area contributed by atoms with Crippen molar-refractivity contribution in [3.63, 3.8) is 0 Å². The summed E-state index contributed by atoms with van der Waals surface area (Å²) in [7, 11) is -3.39. The zero-order chi connectivity index (χ0) is 17.1. The van der Waals surface area contributed by atoms with Crippen LogP contribution >= 0.6 is 11.5 Å². The molecule has 1 heterocycles. The van der Waals surface area contributed by atoms with Gasteiger partial charge in [-0.3, -0.25) is 3.96 Å². The molecule has 1 aliphatic rings. The van der Waals surface area contributed by atoms with Gasteiger partial charge in [-0.25, -0.2) is 8.42 Å². The van der Waals surface area contributed by atoms with Crippen molar-refractivity contribution in [2.75, 3.05) is 0 Å². The average molecular weight is 359 g/mol. The minimum absolute atomic E-state index is 0.0476. The molecule has 0 aliphatic heterocycles. The molecule has 4 nitrogen and oxygen atoms in total. The molecular formula is C17H30N2O2S2. The summed E-state index contributed by atoms with van der Waals surface area (Å²) in [5.41, 5.74) is 1.03. The Kier molecular flexibility index (Phi) is 6.11. The topological polar surface area (TPSA) is 51.4 Å². The average Bonchev–Trinajstić information content (AvgIpc) is 2.88. The first kappa shape index (κ1) is 18.7. The first-order chi connectivity index (χ1) is 10.7. The van der Waals surface area contributed by atoms with Crippen LogP contribution in [0.2, 0.25) is 0 Å². The first-order valence-corrected chi connectivity index (χ1v) is 11.0. The summed E-state index contributed by atoms with van der Waals surface area (Å²) in [5, 5.41) is -0.277. The molecule has 2 rings (SSSR count). The minimum atomic E-state index is -3.39. The SMILES string of the molecule is CCCCc1cn(C(C)(C)C)sc1=NS(=O)(=O)C1CCCCC1. The Hall–Kier alpha value is -0.620. The van der Waals surface area contributed by atoms with Gasteiger partial charge in [0.1, 0.15) is 0 Å². The zero-order valence-corrected chi connectivity index (χ0v) is 16.5. The maximum atomic E-state index is 12.7. The molecule has 0 atom stereocenters. The number of nitrogens with zero attached hydrogens (tertiary/aromatic N) is 2. The van der Waals surface area contributed by atoms with Crippen molar-refractivity contribution >= 4 is 21.6 Å². The summed E-state index contributed by atoms with van der Waals surface area (Å²) < 4.78 is 32.4. The van der Waals surface area contributed by atoms with Crippen molar-refractivity contribution in [3.8, 4) is 0 Å². The van der Waals surface area contributed by atoms with Gasteiger partial charge in [-0.05, 0) is 58.0 Å². The van der Waals surface area contributed by atoms with Crippen molar-refractivity contribution in [1.82, 2.24) is 3.96 Å². The fourth-order valence-corrected chi connectivity index (χ4v) is 5.66. The molecule has 0 saturated heterocycles. The second kappa shape index (κ2) is 7.51. The third kappa shape index (κ3) is 4.92. The molecule has 1 fully saturated rings. The Morgan fingerprint density at radius 1 is 1.26 bits per heavy atom. The van der Waals surface area contributed by atoms with Gasteiger partial charge in [0.25, 0.3) is 10.0 Å². The second-order valence-corrected chi connectivity index (χ2v) is 10.4. The first-order valence-electron chi connectivity index (χ1n) is 8.76. The number of rotatable bonds is 5. The molecule has 0 spiro atoms. The van der Waals surface area contributed by atoms with Crippen molar-refractivity contribution < 1.29 is 8.42 Å². The lowest BCUT2D eigenvalue weighted by atomic mass is 10.0. The molecule has 0 radical (unpaired) electrons. The molecule has 0 amide bonds. The van der Waals surface area contributed by atoms with Gasteiger partial charge in [-0.2, -0.15) is 4.40 Å². The molecule has 0 aromatic carbocycles. The molecule has 1 aromatic rings. The maximum absolute atomic E-state index is 12.7. The third-order valence-corrected chi connectivity index (χ3v) is 7.62. The number of aryl methyl sites for hydroxylation is 1. The van der Waals surface area contributed by atoms with Gasteiger partial charge >= 0.3 is 0 Å². The Bertz CT molecular complexity index is 672. The zero-order valence-electron chi connectivity index (χ0n) is 14.8. The van der Waals surface area contributed by atoms with Crippen LogP contribution in [0, 0.1) is 0 Å². The summed E-state index contributed by atoms with van der Waals surface area (Å²) in [6, 6.07) is 0. The highest BCUT2D eigenvalue weighted by atomic mass is 32.2. The van der Waals surface area contributed by atoms with Crippen LogP contribution in [0.15, 0.2) is 10.6 Å². The van der Waals surface area contributed by atoms with Crippen LogP contribution in [0.3, 0.4) is 0 Å². The van der Waals surface area contributed by atoms with E-state index < -0.39 is 10.0 Å². The molecule has 23 heavy (non-hydrogen) atoms. The summed E-state index contributed by atoms with van der Waals surface area (Å²) in [6.07, 6.45) is 9.85. The molecule has 132 valence electrons. The molecule has 6 heteroatoms. The van der Waals surface area contributed by atoms with E-state index >= 15 is 0 Å². The van der Waals surface area contributed by atoms with Crippen LogP contribution in [0.25, 0.3) is 0 Å². The van der Waals surface area contributed by atoms with Crippen LogP contribution in [0.4, 0.5) is 0 Å².